The van der Waals surface area contributed by atoms with E-state index in [9.17, 15) is 19.0 Å². The van der Waals surface area contributed by atoms with E-state index in [0.717, 1.165) is 57.8 Å². The van der Waals surface area contributed by atoms with E-state index in [-0.39, 0.29) is 32.0 Å². The summed E-state index contributed by atoms with van der Waals surface area (Å²) in [6, 6.07) is 0. The average molecular weight is 755 g/mol. The van der Waals surface area contributed by atoms with Gasteiger partial charge in [0.2, 0.25) is 0 Å². The van der Waals surface area contributed by atoms with Crippen LogP contribution in [0.4, 0.5) is 0 Å². The maximum Gasteiger partial charge on any atom is 0.472 e. The Hall–Kier alpha value is -2.03. The molecule has 0 rings (SSSR count). The summed E-state index contributed by atoms with van der Waals surface area (Å²) in [6.45, 7) is 4.24. The summed E-state index contributed by atoms with van der Waals surface area (Å²) in [5, 5.41) is 0. The predicted molar refractivity (Wildman–Crippen MR) is 215 cm³/mol. The molecule has 0 amide bonds. The lowest BCUT2D eigenvalue weighted by Gasteiger charge is -2.24. The van der Waals surface area contributed by atoms with E-state index in [1.54, 1.807) is 0 Å². The molecule has 2 unspecified atom stereocenters. The third kappa shape index (κ3) is 37.7. The van der Waals surface area contributed by atoms with Gasteiger partial charge in [0.05, 0.1) is 27.7 Å². The molecule has 302 valence electrons. The predicted octanol–water partition coefficient (Wildman–Crippen LogP) is 11.1. The Morgan fingerprint density at radius 3 is 1.63 bits per heavy atom. The van der Waals surface area contributed by atoms with Gasteiger partial charge in [-0.15, -0.1) is 0 Å². The first kappa shape index (κ1) is 50.0. The summed E-state index contributed by atoms with van der Waals surface area (Å²) < 4.78 is 34.2. The SMILES string of the molecule is CC\C=C/C=C/C=C/C=C\CCCCCCCC(=O)OC(COC(=O)CCCCCCCCCCCCCCC)COP(=O)(O)OCC[N+](C)(C)C. The molecular weight excluding hydrogens is 677 g/mol. The molecule has 0 aromatic rings. The Bertz CT molecular complexity index is 1030. The lowest BCUT2D eigenvalue weighted by molar-refractivity contribution is -0.870. The zero-order valence-corrected chi connectivity index (χ0v) is 34.7. The molecule has 0 saturated carbocycles. The number of likely N-dealkylation sites (N-methyl/N-ethyl adjacent to an activating group) is 1. The summed E-state index contributed by atoms with van der Waals surface area (Å²) in [5.41, 5.74) is 0. The molecule has 0 aliphatic carbocycles. The van der Waals surface area contributed by atoms with Crippen molar-refractivity contribution in [3.05, 3.63) is 48.6 Å². The number of allylic oxidation sites excluding steroid dienone is 8. The zero-order chi connectivity index (χ0) is 38.6. The van der Waals surface area contributed by atoms with E-state index in [1.165, 1.54) is 64.2 Å². The maximum atomic E-state index is 12.6. The number of nitrogens with zero attached hydrogens (tertiary/aromatic N) is 1. The molecule has 0 aromatic carbocycles. The first-order chi connectivity index (χ1) is 25.0. The highest BCUT2D eigenvalue weighted by Crippen LogP contribution is 2.43. The van der Waals surface area contributed by atoms with Crippen LogP contribution in [-0.4, -0.2) is 74.9 Å². The standard InChI is InChI=1S/C42H76NO8P/c1-6-8-10-12-14-16-18-20-21-23-25-27-29-31-33-35-42(45)51-40(39-50-52(46,47)49-37-36-43(3,4)5)38-48-41(44)34-32-30-28-26-24-22-19-17-15-13-11-9-7-2/h8,10,12,14,16,18,20-21,40H,6-7,9,11,13,15,17,19,22-39H2,1-5H3/p+1/b10-8-,14-12+,18-16+,21-20-. The van der Waals surface area contributed by atoms with Crippen molar-refractivity contribution in [3.8, 4) is 0 Å². The van der Waals surface area contributed by atoms with Crippen molar-refractivity contribution in [1.82, 2.24) is 0 Å². The lowest BCUT2D eigenvalue weighted by atomic mass is 10.0. The van der Waals surface area contributed by atoms with Gasteiger partial charge in [0, 0.05) is 12.8 Å². The van der Waals surface area contributed by atoms with Crippen LogP contribution in [-0.2, 0) is 32.7 Å². The van der Waals surface area contributed by atoms with Gasteiger partial charge >= 0.3 is 19.8 Å². The molecule has 0 aliphatic heterocycles. The highest BCUT2D eigenvalue weighted by atomic mass is 31.2. The number of esters is 2. The zero-order valence-electron chi connectivity index (χ0n) is 33.8. The second kappa shape index (κ2) is 34.7. The second-order valence-corrected chi connectivity index (χ2v) is 16.2. The normalized spacial score (nSPS) is 14.2. The van der Waals surface area contributed by atoms with Crippen LogP contribution in [0.15, 0.2) is 48.6 Å². The van der Waals surface area contributed by atoms with E-state index < -0.39 is 26.5 Å². The molecule has 0 heterocycles. The van der Waals surface area contributed by atoms with Gasteiger partial charge in [0.1, 0.15) is 19.8 Å². The first-order valence-corrected chi connectivity index (χ1v) is 21.9. The minimum absolute atomic E-state index is 0.0258. The van der Waals surface area contributed by atoms with E-state index in [1.807, 2.05) is 51.5 Å². The number of phosphoric ester groups is 1. The topological polar surface area (TPSA) is 108 Å². The number of carbonyl (C=O) groups is 2. The fraction of sp³-hybridized carbons (Fsp3) is 0.762. The molecule has 0 radical (unpaired) electrons. The highest BCUT2D eigenvalue weighted by Gasteiger charge is 2.27. The van der Waals surface area contributed by atoms with Crippen LogP contribution in [0.25, 0.3) is 0 Å². The lowest BCUT2D eigenvalue weighted by Crippen LogP contribution is -2.37. The Morgan fingerprint density at radius 2 is 1.10 bits per heavy atom. The minimum Gasteiger partial charge on any atom is -0.462 e. The third-order valence-electron chi connectivity index (χ3n) is 8.47. The fourth-order valence-electron chi connectivity index (χ4n) is 5.26. The number of quaternary nitrogens is 1. The molecule has 2 atom stereocenters. The molecule has 0 fully saturated rings. The molecule has 0 spiro atoms. The van der Waals surface area contributed by atoms with E-state index in [2.05, 4.69) is 32.1 Å². The molecular formula is C42H77NO8P+. The van der Waals surface area contributed by atoms with Crippen molar-refractivity contribution < 1.29 is 42.1 Å². The van der Waals surface area contributed by atoms with Crippen molar-refractivity contribution in [2.75, 3.05) is 47.5 Å². The van der Waals surface area contributed by atoms with Crippen molar-refractivity contribution >= 4 is 19.8 Å². The first-order valence-electron chi connectivity index (χ1n) is 20.4. The number of hydrogen-bond acceptors (Lipinski definition) is 7. The van der Waals surface area contributed by atoms with Gasteiger partial charge < -0.3 is 18.9 Å². The second-order valence-electron chi connectivity index (χ2n) is 14.7. The van der Waals surface area contributed by atoms with Crippen LogP contribution in [0.2, 0.25) is 0 Å². The largest absolute Gasteiger partial charge is 0.472 e. The summed E-state index contributed by atoms with van der Waals surface area (Å²) in [5.74, 6) is -0.827. The van der Waals surface area contributed by atoms with Gasteiger partial charge in [-0.2, -0.15) is 0 Å². The van der Waals surface area contributed by atoms with Crippen molar-refractivity contribution in [2.45, 2.75) is 161 Å². The molecule has 9 nitrogen and oxygen atoms in total. The van der Waals surface area contributed by atoms with Gasteiger partial charge in [0.15, 0.2) is 6.10 Å². The molecule has 0 aromatic heterocycles. The van der Waals surface area contributed by atoms with Gasteiger partial charge in [-0.25, -0.2) is 4.57 Å². The van der Waals surface area contributed by atoms with Crippen LogP contribution in [0.5, 0.6) is 0 Å². The number of unbranched alkanes of at least 4 members (excludes halogenated alkanes) is 17. The Balaban J connectivity index is 4.45. The third-order valence-corrected chi connectivity index (χ3v) is 9.45. The number of carbonyl (C=O) groups excluding carboxylic acids is 2. The number of ether oxygens (including phenoxy) is 2. The Labute approximate surface area is 318 Å². The molecule has 0 bridgehead atoms. The molecule has 0 saturated heterocycles. The molecule has 0 aliphatic rings. The van der Waals surface area contributed by atoms with E-state index >= 15 is 0 Å². The number of phosphoric acid groups is 1. The summed E-state index contributed by atoms with van der Waals surface area (Å²) in [4.78, 5) is 35.2. The summed E-state index contributed by atoms with van der Waals surface area (Å²) >= 11 is 0. The van der Waals surface area contributed by atoms with Crippen molar-refractivity contribution in [2.24, 2.45) is 0 Å². The van der Waals surface area contributed by atoms with Crippen LogP contribution >= 0.6 is 7.82 Å². The van der Waals surface area contributed by atoms with Gasteiger partial charge in [-0.05, 0) is 32.1 Å². The van der Waals surface area contributed by atoms with Crippen LogP contribution in [0.3, 0.4) is 0 Å². The van der Waals surface area contributed by atoms with Gasteiger partial charge in [-0.1, -0.05) is 159 Å². The van der Waals surface area contributed by atoms with Crippen LogP contribution < -0.4 is 0 Å². The number of hydrogen-bond donors (Lipinski definition) is 1. The molecule has 52 heavy (non-hydrogen) atoms. The number of rotatable bonds is 36. The average Bonchev–Trinajstić information content (AvgIpc) is 3.09. The van der Waals surface area contributed by atoms with Crippen molar-refractivity contribution in [3.63, 3.8) is 0 Å². The van der Waals surface area contributed by atoms with Crippen molar-refractivity contribution in [1.29, 1.82) is 0 Å². The van der Waals surface area contributed by atoms with Gasteiger partial charge in [0.25, 0.3) is 0 Å². The minimum atomic E-state index is -4.38. The quantitative estimate of drug-likeness (QED) is 0.0221. The molecule has 10 heteroatoms. The monoisotopic (exact) mass is 755 g/mol. The Kier molecular flexibility index (Phi) is 33.4. The molecule has 1 N–H and O–H groups in total. The van der Waals surface area contributed by atoms with Gasteiger partial charge in [-0.3, -0.25) is 18.6 Å². The van der Waals surface area contributed by atoms with E-state index in [0.29, 0.717) is 17.4 Å². The Morgan fingerprint density at radius 1 is 0.615 bits per heavy atom. The fourth-order valence-corrected chi connectivity index (χ4v) is 6.00. The maximum absolute atomic E-state index is 12.6. The van der Waals surface area contributed by atoms with E-state index in [4.69, 9.17) is 18.5 Å². The van der Waals surface area contributed by atoms with Crippen LogP contribution in [0, 0.1) is 0 Å². The highest BCUT2D eigenvalue weighted by molar-refractivity contribution is 7.47. The smallest absolute Gasteiger partial charge is 0.462 e. The summed E-state index contributed by atoms with van der Waals surface area (Å²) in [7, 11) is 1.45. The summed E-state index contributed by atoms with van der Waals surface area (Å²) in [6.07, 6.45) is 38.7. The van der Waals surface area contributed by atoms with Crippen LogP contribution in [0.1, 0.15) is 155 Å².